The Morgan fingerprint density at radius 3 is 2.94 bits per heavy atom. The Morgan fingerprint density at radius 2 is 2.24 bits per heavy atom. The summed E-state index contributed by atoms with van der Waals surface area (Å²) in [5, 5.41) is 0.616. The summed E-state index contributed by atoms with van der Waals surface area (Å²) >= 11 is 5.82. The smallest absolute Gasteiger partial charge is 0.318 e. The van der Waals surface area contributed by atoms with Crippen LogP contribution in [0.2, 0.25) is 5.02 Å². The van der Waals surface area contributed by atoms with Crippen molar-refractivity contribution < 1.29 is 9.13 Å². The van der Waals surface area contributed by atoms with E-state index in [-0.39, 0.29) is 18.4 Å². The maximum absolute atomic E-state index is 12.8. The summed E-state index contributed by atoms with van der Waals surface area (Å²) in [4.78, 5) is 7.30. The molecule has 1 aromatic heterocycles. The minimum absolute atomic E-state index is 0.0314. The Kier molecular flexibility index (Phi) is 3.39. The molecule has 0 amide bonds. The first-order chi connectivity index (χ1) is 8.15. The van der Waals surface area contributed by atoms with Crippen LogP contribution < -0.4 is 10.5 Å². The number of nitrogens with zero attached hydrogens (tertiary/aromatic N) is 2. The highest BCUT2D eigenvalue weighted by Gasteiger charge is 2.04. The van der Waals surface area contributed by atoms with Gasteiger partial charge in [-0.1, -0.05) is 23.7 Å². The van der Waals surface area contributed by atoms with Gasteiger partial charge in [-0.15, -0.1) is 0 Å². The molecule has 17 heavy (non-hydrogen) atoms. The molecule has 0 fully saturated rings. The van der Waals surface area contributed by atoms with Gasteiger partial charge >= 0.3 is 6.01 Å². The Labute approximate surface area is 102 Å². The Hall–Kier alpha value is -1.88. The first-order valence-corrected chi connectivity index (χ1v) is 5.18. The van der Waals surface area contributed by atoms with Crippen molar-refractivity contribution in [2.75, 3.05) is 5.73 Å². The summed E-state index contributed by atoms with van der Waals surface area (Å²) in [5.41, 5.74) is 6.15. The number of benzene rings is 1. The molecule has 0 saturated carbocycles. The summed E-state index contributed by atoms with van der Waals surface area (Å²) in [6, 6.07) is 7.20. The SMILES string of the molecule is Nc1nc(OCc2cccc(Cl)c2)ncc1F. The van der Waals surface area contributed by atoms with Gasteiger partial charge in [0.05, 0.1) is 6.20 Å². The number of anilines is 1. The minimum atomic E-state index is -0.667. The third-order valence-electron chi connectivity index (χ3n) is 2.01. The predicted octanol–water partition coefficient (Wildman–Crippen LogP) is 2.43. The second-order valence-electron chi connectivity index (χ2n) is 3.30. The quantitative estimate of drug-likeness (QED) is 0.913. The lowest BCUT2D eigenvalue weighted by Gasteiger charge is -2.05. The topological polar surface area (TPSA) is 61.0 Å². The molecule has 0 unspecified atom stereocenters. The van der Waals surface area contributed by atoms with Gasteiger partial charge in [-0.05, 0) is 17.7 Å². The first kappa shape index (κ1) is 11.6. The fourth-order valence-corrected chi connectivity index (χ4v) is 1.42. The Bertz CT molecular complexity index is 536. The first-order valence-electron chi connectivity index (χ1n) is 4.80. The highest BCUT2D eigenvalue weighted by molar-refractivity contribution is 6.30. The van der Waals surface area contributed by atoms with Crippen molar-refractivity contribution in [3.05, 3.63) is 46.9 Å². The lowest BCUT2D eigenvalue weighted by atomic mass is 10.2. The molecule has 0 aliphatic heterocycles. The molecule has 6 heteroatoms. The van der Waals surface area contributed by atoms with E-state index in [1.807, 2.05) is 6.07 Å². The molecule has 2 rings (SSSR count). The lowest BCUT2D eigenvalue weighted by molar-refractivity contribution is 0.280. The van der Waals surface area contributed by atoms with E-state index in [4.69, 9.17) is 22.1 Å². The zero-order valence-electron chi connectivity index (χ0n) is 8.73. The number of nitrogen functional groups attached to an aromatic ring is 1. The van der Waals surface area contributed by atoms with Crippen LogP contribution in [0.1, 0.15) is 5.56 Å². The zero-order chi connectivity index (χ0) is 12.3. The van der Waals surface area contributed by atoms with Gasteiger partial charge in [0.25, 0.3) is 0 Å². The summed E-state index contributed by atoms with van der Waals surface area (Å²) < 4.78 is 18.0. The van der Waals surface area contributed by atoms with Crippen LogP contribution in [0.15, 0.2) is 30.5 Å². The van der Waals surface area contributed by atoms with E-state index >= 15 is 0 Å². The fraction of sp³-hybridized carbons (Fsp3) is 0.0909. The lowest BCUT2D eigenvalue weighted by Crippen LogP contribution is -2.03. The van der Waals surface area contributed by atoms with E-state index in [0.717, 1.165) is 11.8 Å². The molecular formula is C11H9ClFN3O. The molecule has 0 bridgehead atoms. The van der Waals surface area contributed by atoms with Crippen molar-refractivity contribution in [2.24, 2.45) is 0 Å². The standard InChI is InChI=1S/C11H9ClFN3O/c12-8-3-1-2-7(4-8)6-17-11-15-5-9(13)10(14)16-11/h1-5H,6H2,(H2,14,15,16). The van der Waals surface area contributed by atoms with Gasteiger partial charge in [0.15, 0.2) is 11.6 Å². The van der Waals surface area contributed by atoms with Gasteiger partial charge in [-0.25, -0.2) is 9.37 Å². The monoisotopic (exact) mass is 253 g/mol. The molecular weight excluding hydrogens is 245 g/mol. The van der Waals surface area contributed by atoms with Crippen molar-refractivity contribution in [3.8, 4) is 6.01 Å². The van der Waals surface area contributed by atoms with Gasteiger partial charge < -0.3 is 10.5 Å². The Balaban J connectivity index is 2.05. The van der Waals surface area contributed by atoms with Crippen LogP contribution in [0.25, 0.3) is 0 Å². The van der Waals surface area contributed by atoms with Crippen LogP contribution in [0, 0.1) is 5.82 Å². The summed E-state index contributed by atoms with van der Waals surface area (Å²) in [7, 11) is 0. The molecule has 2 N–H and O–H groups in total. The highest BCUT2D eigenvalue weighted by atomic mass is 35.5. The normalized spacial score (nSPS) is 10.2. The summed E-state index contributed by atoms with van der Waals surface area (Å²) in [6.07, 6.45) is 0.968. The van der Waals surface area contributed by atoms with Crippen molar-refractivity contribution in [1.82, 2.24) is 9.97 Å². The average molecular weight is 254 g/mol. The predicted molar refractivity (Wildman–Crippen MR) is 62.2 cm³/mol. The molecule has 0 saturated heterocycles. The molecule has 0 radical (unpaired) electrons. The fourth-order valence-electron chi connectivity index (χ4n) is 1.21. The second kappa shape index (κ2) is 4.97. The number of hydrogen-bond donors (Lipinski definition) is 1. The number of halogens is 2. The molecule has 1 aromatic carbocycles. The van der Waals surface area contributed by atoms with Crippen LogP contribution in [0.5, 0.6) is 6.01 Å². The number of ether oxygens (including phenoxy) is 1. The van der Waals surface area contributed by atoms with Gasteiger partial charge in [0, 0.05) is 5.02 Å². The molecule has 88 valence electrons. The zero-order valence-corrected chi connectivity index (χ0v) is 9.49. The van der Waals surface area contributed by atoms with Crippen molar-refractivity contribution >= 4 is 17.4 Å². The Morgan fingerprint density at radius 1 is 1.41 bits per heavy atom. The number of rotatable bonds is 3. The van der Waals surface area contributed by atoms with Crippen LogP contribution >= 0.6 is 11.6 Å². The van der Waals surface area contributed by atoms with Gasteiger partial charge in [-0.2, -0.15) is 4.98 Å². The van der Waals surface area contributed by atoms with Crippen molar-refractivity contribution in [1.29, 1.82) is 0 Å². The van der Waals surface area contributed by atoms with E-state index in [2.05, 4.69) is 9.97 Å². The molecule has 0 aliphatic carbocycles. The van der Waals surface area contributed by atoms with E-state index in [9.17, 15) is 4.39 Å². The van der Waals surface area contributed by atoms with Crippen LogP contribution in [-0.2, 0) is 6.61 Å². The highest BCUT2D eigenvalue weighted by Crippen LogP contribution is 2.14. The molecule has 0 aliphatic rings. The van der Waals surface area contributed by atoms with E-state index in [1.54, 1.807) is 18.2 Å². The van der Waals surface area contributed by atoms with E-state index in [0.29, 0.717) is 5.02 Å². The van der Waals surface area contributed by atoms with Gasteiger partial charge in [0.2, 0.25) is 0 Å². The van der Waals surface area contributed by atoms with Crippen LogP contribution in [0.4, 0.5) is 10.2 Å². The largest absolute Gasteiger partial charge is 0.459 e. The maximum atomic E-state index is 12.8. The summed E-state index contributed by atoms with van der Waals surface area (Å²) in [6.45, 7) is 0.242. The van der Waals surface area contributed by atoms with Crippen molar-refractivity contribution in [3.63, 3.8) is 0 Å². The van der Waals surface area contributed by atoms with Crippen LogP contribution in [-0.4, -0.2) is 9.97 Å². The summed E-state index contributed by atoms with van der Waals surface area (Å²) in [5.74, 6) is -0.902. The van der Waals surface area contributed by atoms with E-state index in [1.165, 1.54) is 0 Å². The average Bonchev–Trinajstić information content (AvgIpc) is 2.31. The third kappa shape index (κ3) is 3.04. The minimum Gasteiger partial charge on any atom is -0.459 e. The number of nitrogens with two attached hydrogens (primary N) is 1. The second-order valence-corrected chi connectivity index (χ2v) is 3.74. The third-order valence-corrected chi connectivity index (χ3v) is 2.24. The maximum Gasteiger partial charge on any atom is 0.318 e. The molecule has 1 heterocycles. The number of hydrogen-bond acceptors (Lipinski definition) is 4. The van der Waals surface area contributed by atoms with E-state index < -0.39 is 5.82 Å². The molecule has 0 spiro atoms. The van der Waals surface area contributed by atoms with Gasteiger partial charge in [0.1, 0.15) is 6.61 Å². The molecule has 2 aromatic rings. The number of aromatic nitrogens is 2. The van der Waals surface area contributed by atoms with Gasteiger partial charge in [-0.3, -0.25) is 0 Å². The molecule has 4 nitrogen and oxygen atoms in total. The van der Waals surface area contributed by atoms with Crippen LogP contribution in [0.3, 0.4) is 0 Å². The molecule has 0 atom stereocenters. The van der Waals surface area contributed by atoms with Crippen molar-refractivity contribution in [2.45, 2.75) is 6.61 Å².